The van der Waals surface area contributed by atoms with Crippen LogP contribution in [0.4, 0.5) is 5.82 Å². The second-order valence-corrected chi connectivity index (χ2v) is 2.15. The third kappa shape index (κ3) is 1.52. The number of hydrogen-bond acceptors (Lipinski definition) is 4. The van der Waals surface area contributed by atoms with Crippen molar-refractivity contribution < 1.29 is 0 Å². The Labute approximate surface area is 65.2 Å². The summed E-state index contributed by atoms with van der Waals surface area (Å²) in [6.45, 7) is 1.87. The molecule has 58 valence electrons. The Morgan fingerprint density at radius 3 is 2.82 bits per heavy atom. The van der Waals surface area contributed by atoms with Crippen LogP contribution in [0, 0.1) is 6.92 Å². The van der Waals surface area contributed by atoms with Gasteiger partial charge in [-0.1, -0.05) is 0 Å². The van der Waals surface area contributed by atoms with Crippen molar-refractivity contribution in [2.45, 2.75) is 6.92 Å². The summed E-state index contributed by atoms with van der Waals surface area (Å²) in [4.78, 5) is 11.7. The van der Waals surface area contributed by atoms with Crippen molar-refractivity contribution in [1.82, 2.24) is 9.97 Å². The van der Waals surface area contributed by atoms with Crippen molar-refractivity contribution in [3.63, 3.8) is 0 Å². The van der Waals surface area contributed by atoms with E-state index in [-0.39, 0.29) is 0 Å². The van der Waals surface area contributed by atoms with Crippen LogP contribution < -0.4 is 5.73 Å². The highest BCUT2D eigenvalue weighted by Gasteiger charge is 2.00. The van der Waals surface area contributed by atoms with E-state index < -0.39 is 0 Å². The van der Waals surface area contributed by atoms with Gasteiger partial charge in [-0.25, -0.2) is 9.97 Å². The second kappa shape index (κ2) is 3.09. The van der Waals surface area contributed by atoms with Gasteiger partial charge in [-0.3, -0.25) is 4.99 Å². The summed E-state index contributed by atoms with van der Waals surface area (Å²) in [6.07, 6.45) is 3.10. The minimum Gasteiger partial charge on any atom is -0.383 e. The molecule has 11 heavy (non-hydrogen) atoms. The van der Waals surface area contributed by atoms with Gasteiger partial charge in [0, 0.05) is 13.3 Å². The van der Waals surface area contributed by atoms with Crippen LogP contribution in [0.3, 0.4) is 0 Å². The van der Waals surface area contributed by atoms with Crippen molar-refractivity contribution >= 4 is 12.0 Å². The van der Waals surface area contributed by atoms with Gasteiger partial charge < -0.3 is 5.73 Å². The fourth-order valence-corrected chi connectivity index (χ4v) is 0.791. The monoisotopic (exact) mass is 150 g/mol. The Hall–Kier alpha value is -1.45. The van der Waals surface area contributed by atoms with E-state index in [1.807, 2.05) is 6.92 Å². The maximum atomic E-state index is 5.57. The zero-order valence-corrected chi connectivity index (χ0v) is 6.57. The van der Waals surface area contributed by atoms with Crippen LogP contribution in [0.5, 0.6) is 0 Å². The van der Waals surface area contributed by atoms with Crippen molar-refractivity contribution in [2.75, 3.05) is 12.8 Å². The lowest BCUT2D eigenvalue weighted by Crippen LogP contribution is -2.01. The first-order chi connectivity index (χ1) is 5.25. The quantitative estimate of drug-likeness (QED) is 0.590. The number of nitrogen functional groups attached to an aromatic ring is 1. The molecule has 1 heterocycles. The first kappa shape index (κ1) is 7.65. The summed E-state index contributed by atoms with van der Waals surface area (Å²) in [5.74, 6) is 0.475. The molecule has 0 aromatic carbocycles. The highest BCUT2D eigenvalue weighted by molar-refractivity contribution is 5.86. The molecule has 0 amide bonds. The Kier molecular flexibility index (Phi) is 2.15. The van der Waals surface area contributed by atoms with Gasteiger partial charge in [-0.2, -0.15) is 0 Å². The molecular formula is C7H10N4. The van der Waals surface area contributed by atoms with Gasteiger partial charge >= 0.3 is 0 Å². The van der Waals surface area contributed by atoms with Gasteiger partial charge in [-0.05, 0) is 6.92 Å². The van der Waals surface area contributed by atoms with Gasteiger partial charge in [0.15, 0.2) is 0 Å². The molecule has 4 nitrogen and oxygen atoms in total. The van der Waals surface area contributed by atoms with Crippen molar-refractivity contribution in [2.24, 2.45) is 4.99 Å². The first-order valence-electron chi connectivity index (χ1n) is 3.25. The van der Waals surface area contributed by atoms with Crippen molar-refractivity contribution in [3.8, 4) is 0 Å². The largest absolute Gasteiger partial charge is 0.383 e. The van der Waals surface area contributed by atoms with Crippen molar-refractivity contribution in [3.05, 3.63) is 17.6 Å². The molecule has 0 aliphatic carbocycles. The van der Waals surface area contributed by atoms with Crippen LogP contribution in [0.1, 0.15) is 11.3 Å². The lowest BCUT2D eigenvalue weighted by molar-refractivity contribution is 1.10. The fourth-order valence-electron chi connectivity index (χ4n) is 0.791. The molecule has 4 heteroatoms. The number of hydrogen-bond donors (Lipinski definition) is 1. The van der Waals surface area contributed by atoms with Crippen LogP contribution >= 0.6 is 0 Å². The maximum absolute atomic E-state index is 5.57. The summed E-state index contributed by atoms with van der Waals surface area (Å²) in [6, 6.07) is 0. The van der Waals surface area contributed by atoms with Gasteiger partial charge in [-0.15, -0.1) is 0 Å². The second-order valence-electron chi connectivity index (χ2n) is 2.15. The standard InChI is InChI=1S/C7H10N4/c1-5-6(3-9-2)7(8)11-4-10-5/h3-4H,1-2H3,(H2,8,10,11). The zero-order chi connectivity index (χ0) is 8.27. The topological polar surface area (TPSA) is 64.2 Å². The Bertz CT molecular complexity index is 260. The minimum atomic E-state index is 0.475. The average molecular weight is 150 g/mol. The van der Waals surface area contributed by atoms with E-state index in [0.29, 0.717) is 5.82 Å². The Morgan fingerprint density at radius 2 is 2.27 bits per heavy atom. The van der Waals surface area contributed by atoms with Crippen LogP contribution in [0.15, 0.2) is 11.3 Å². The number of anilines is 1. The normalized spacial score (nSPS) is 10.7. The molecule has 0 atom stereocenters. The van der Waals surface area contributed by atoms with E-state index in [2.05, 4.69) is 15.0 Å². The molecule has 0 radical (unpaired) electrons. The third-order valence-electron chi connectivity index (χ3n) is 1.37. The molecule has 1 rings (SSSR count). The highest BCUT2D eigenvalue weighted by atomic mass is 14.9. The summed E-state index contributed by atoms with van der Waals surface area (Å²) in [5.41, 5.74) is 7.22. The fraction of sp³-hybridized carbons (Fsp3) is 0.286. The first-order valence-corrected chi connectivity index (χ1v) is 3.25. The van der Waals surface area contributed by atoms with Crippen LogP contribution in [0.25, 0.3) is 0 Å². The third-order valence-corrected chi connectivity index (χ3v) is 1.37. The molecule has 0 saturated heterocycles. The van der Waals surface area contributed by atoms with E-state index in [1.54, 1.807) is 13.3 Å². The lowest BCUT2D eigenvalue weighted by Gasteiger charge is -1.99. The van der Waals surface area contributed by atoms with Gasteiger partial charge in [0.25, 0.3) is 0 Å². The summed E-state index contributed by atoms with van der Waals surface area (Å²) < 4.78 is 0. The molecule has 1 aromatic heterocycles. The summed E-state index contributed by atoms with van der Waals surface area (Å²) >= 11 is 0. The lowest BCUT2D eigenvalue weighted by atomic mass is 10.2. The van der Waals surface area contributed by atoms with E-state index in [9.17, 15) is 0 Å². The predicted octanol–water partition coefficient (Wildman–Crippen LogP) is 0.416. The number of aryl methyl sites for hydroxylation is 1. The van der Waals surface area contributed by atoms with Crippen molar-refractivity contribution in [1.29, 1.82) is 0 Å². The molecule has 0 saturated carbocycles. The Morgan fingerprint density at radius 1 is 1.55 bits per heavy atom. The molecule has 0 bridgehead atoms. The minimum absolute atomic E-state index is 0.475. The van der Waals surface area contributed by atoms with Gasteiger partial charge in [0.2, 0.25) is 0 Å². The predicted molar refractivity (Wildman–Crippen MR) is 44.7 cm³/mol. The van der Waals surface area contributed by atoms with E-state index in [0.717, 1.165) is 11.3 Å². The van der Waals surface area contributed by atoms with Gasteiger partial charge in [0.05, 0.1) is 11.3 Å². The smallest absolute Gasteiger partial charge is 0.135 e. The molecular weight excluding hydrogens is 140 g/mol. The number of aliphatic imine (C=N–C) groups is 1. The number of rotatable bonds is 1. The molecule has 0 spiro atoms. The zero-order valence-electron chi connectivity index (χ0n) is 6.57. The van der Waals surface area contributed by atoms with Crippen LogP contribution in [-0.4, -0.2) is 23.2 Å². The molecule has 0 aliphatic heterocycles. The molecule has 0 unspecified atom stereocenters. The number of nitrogens with zero attached hydrogens (tertiary/aromatic N) is 3. The maximum Gasteiger partial charge on any atom is 0.135 e. The van der Waals surface area contributed by atoms with E-state index in [4.69, 9.17) is 5.73 Å². The SMILES string of the molecule is CN=Cc1c(C)ncnc1N. The molecule has 2 N–H and O–H groups in total. The van der Waals surface area contributed by atoms with Crippen LogP contribution in [-0.2, 0) is 0 Å². The van der Waals surface area contributed by atoms with E-state index in [1.165, 1.54) is 6.33 Å². The summed E-state index contributed by atoms with van der Waals surface area (Å²) in [5, 5.41) is 0. The molecule has 1 aromatic rings. The average Bonchev–Trinajstić information content (AvgIpc) is 1.97. The number of nitrogens with two attached hydrogens (primary N) is 1. The van der Waals surface area contributed by atoms with E-state index >= 15 is 0 Å². The number of aromatic nitrogens is 2. The molecule has 0 fully saturated rings. The highest BCUT2D eigenvalue weighted by Crippen LogP contribution is 2.06. The van der Waals surface area contributed by atoms with Gasteiger partial charge in [0.1, 0.15) is 12.1 Å². The molecule has 0 aliphatic rings. The summed E-state index contributed by atoms with van der Waals surface area (Å²) in [7, 11) is 1.69. The Balaban J connectivity index is 3.20. The van der Waals surface area contributed by atoms with Crippen LogP contribution in [0.2, 0.25) is 0 Å².